The van der Waals surface area contributed by atoms with Crippen molar-refractivity contribution in [3.8, 4) is 11.6 Å². The van der Waals surface area contributed by atoms with Gasteiger partial charge in [-0.15, -0.1) is 10.2 Å². The molecule has 1 amide bonds. The summed E-state index contributed by atoms with van der Waals surface area (Å²) in [6.07, 6.45) is 1.57. The van der Waals surface area contributed by atoms with Crippen LogP contribution in [0.3, 0.4) is 0 Å². The topological polar surface area (TPSA) is 73.0 Å². The van der Waals surface area contributed by atoms with Crippen molar-refractivity contribution in [1.82, 2.24) is 14.8 Å². The zero-order valence-electron chi connectivity index (χ0n) is 14.8. The Balaban J connectivity index is 1.72. The Morgan fingerprint density at radius 3 is 2.89 bits per heavy atom. The van der Waals surface area contributed by atoms with Crippen molar-refractivity contribution in [3.05, 3.63) is 47.4 Å². The van der Waals surface area contributed by atoms with Crippen molar-refractivity contribution >= 4 is 35.0 Å². The van der Waals surface area contributed by atoms with E-state index in [1.165, 1.54) is 30.0 Å². The number of halogens is 2. The standard InChI is InChI=1S/C18H18ClFN4O2S/c1-11(2)9-24-17(15-4-3-7-26-15)22-23-18(24)27-10-16(25)21-14-8-12(19)5-6-13(14)20/h3-8,11H,9-10H2,1-2H3,(H,21,25). The zero-order valence-corrected chi connectivity index (χ0v) is 16.4. The van der Waals surface area contributed by atoms with Gasteiger partial charge in [0.25, 0.3) is 0 Å². The summed E-state index contributed by atoms with van der Waals surface area (Å²) in [4.78, 5) is 12.2. The van der Waals surface area contributed by atoms with Crippen LogP contribution in [0.15, 0.2) is 46.2 Å². The summed E-state index contributed by atoms with van der Waals surface area (Å²) in [5.74, 6) is 0.724. The molecule has 0 bridgehead atoms. The molecule has 1 N–H and O–H groups in total. The summed E-state index contributed by atoms with van der Waals surface area (Å²) < 4.78 is 21.1. The second-order valence-electron chi connectivity index (χ2n) is 6.25. The van der Waals surface area contributed by atoms with Crippen LogP contribution in [0.2, 0.25) is 5.02 Å². The van der Waals surface area contributed by atoms with Gasteiger partial charge >= 0.3 is 0 Å². The first-order valence-electron chi connectivity index (χ1n) is 8.29. The van der Waals surface area contributed by atoms with Crippen molar-refractivity contribution in [1.29, 1.82) is 0 Å². The quantitative estimate of drug-likeness (QED) is 0.573. The molecule has 2 heterocycles. The number of hydrogen-bond donors (Lipinski definition) is 1. The van der Waals surface area contributed by atoms with Gasteiger partial charge in [0.15, 0.2) is 16.7 Å². The van der Waals surface area contributed by atoms with Crippen LogP contribution in [0.4, 0.5) is 10.1 Å². The van der Waals surface area contributed by atoms with Crippen molar-refractivity contribution in [2.75, 3.05) is 11.1 Å². The third-order valence-electron chi connectivity index (χ3n) is 3.54. The van der Waals surface area contributed by atoms with E-state index < -0.39 is 5.82 Å². The van der Waals surface area contributed by atoms with Gasteiger partial charge in [-0.05, 0) is 36.2 Å². The van der Waals surface area contributed by atoms with Gasteiger partial charge in [0.05, 0.1) is 17.7 Å². The number of nitrogens with one attached hydrogen (secondary N) is 1. The Kier molecular flexibility index (Phi) is 6.18. The summed E-state index contributed by atoms with van der Waals surface area (Å²) in [6.45, 7) is 4.83. The first-order chi connectivity index (χ1) is 12.9. The predicted molar refractivity (Wildman–Crippen MR) is 103 cm³/mol. The minimum absolute atomic E-state index is 0.0491. The number of nitrogens with zero attached hydrogens (tertiary/aromatic N) is 3. The molecule has 0 aliphatic heterocycles. The largest absolute Gasteiger partial charge is 0.461 e. The number of hydrogen-bond acceptors (Lipinski definition) is 5. The Morgan fingerprint density at radius 2 is 2.19 bits per heavy atom. The molecule has 0 aliphatic carbocycles. The second-order valence-corrected chi connectivity index (χ2v) is 7.63. The predicted octanol–water partition coefficient (Wildman–Crippen LogP) is 4.72. The molecule has 0 saturated heterocycles. The van der Waals surface area contributed by atoms with Gasteiger partial charge in [0.1, 0.15) is 5.82 Å². The molecule has 6 nitrogen and oxygen atoms in total. The first-order valence-corrected chi connectivity index (χ1v) is 9.65. The van der Waals surface area contributed by atoms with Crippen LogP contribution in [-0.4, -0.2) is 26.4 Å². The molecule has 3 aromatic rings. The van der Waals surface area contributed by atoms with Crippen molar-refractivity contribution in [3.63, 3.8) is 0 Å². The molecular weight excluding hydrogens is 391 g/mol. The molecule has 0 fully saturated rings. The van der Waals surface area contributed by atoms with E-state index >= 15 is 0 Å². The van der Waals surface area contributed by atoms with E-state index in [1.807, 2.05) is 10.6 Å². The smallest absolute Gasteiger partial charge is 0.234 e. The number of anilines is 1. The summed E-state index contributed by atoms with van der Waals surface area (Å²) in [5.41, 5.74) is 0.0491. The SMILES string of the molecule is CC(C)Cn1c(SCC(=O)Nc2cc(Cl)ccc2F)nnc1-c1ccco1. The Hall–Kier alpha value is -2.32. The maximum Gasteiger partial charge on any atom is 0.234 e. The van der Waals surface area contributed by atoms with E-state index in [4.69, 9.17) is 16.0 Å². The van der Waals surface area contributed by atoms with Crippen LogP contribution in [0.25, 0.3) is 11.6 Å². The minimum atomic E-state index is -0.541. The Bertz CT molecular complexity index is 928. The third-order valence-corrected chi connectivity index (χ3v) is 4.74. The lowest BCUT2D eigenvalue weighted by Crippen LogP contribution is -2.16. The molecule has 0 radical (unpaired) electrons. The van der Waals surface area contributed by atoms with Crippen LogP contribution in [-0.2, 0) is 11.3 Å². The van der Waals surface area contributed by atoms with Gasteiger partial charge in [-0.2, -0.15) is 0 Å². The van der Waals surface area contributed by atoms with Crippen LogP contribution >= 0.6 is 23.4 Å². The molecular formula is C18H18ClFN4O2S. The molecule has 2 aromatic heterocycles. The fourth-order valence-corrected chi connectivity index (χ4v) is 3.34. The van der Waals surface area contributed by atoms with Crippen LogP contribution < -0.4 is 5.32 Å². The van der Waals surface area contributed by atoms with Gasteiger partial charge in [0, 0.05) is 11.6 Å². The first kappa shape index (κ1) is 19.4. The van der Waals surface area contributed by atoms with E-state index in [-0.39, 0.29) is 17.3 Å². The molecule has 0 saturated carbocycles. The highest BCUT2D eigenvalue weighted by Gasteiger charge is 2.18. The molecule has 1 aromatic carbocycles. The highest BCUT2D eigenvalue weighted by Crippen LogP contribution is 2.26. The Labute approximate surface area is 165 Å². The van der Waals surface area contributed by atoms with Crippen LogP contribution in [0, 0.1) is 11.7 Å². The summed E-state index contributed by atoms with van der Waals surface area (Å²) >= 11 is 7.07. The van der Waals surface area contributed by atoms with Crippen molar-refractivity contribution < 1.29 is 13.6 Å². The number of rotatable bonds is 7. The molecule has 9 heteroatoms. The van der Waals surface area contributed by atoms with Gasteiger partial charge in [0.2, 0.25) is 5.91 Å². The monoisotopic (exact) mass is 408 g/mol. The second kappa shape index (κ2) is 8.58. The average Bonchev–Trinajstić information content (AvgIpc) is 3.26. The van der Waals surface area contributed by atoms with E-state index in [2.05, 4.69) is 29.4 Å². The highest BCUT2D eigenvalue weighted by atomic mass is 35.5. The van der Waals surface area contributed by atoms with Gasteiger partial charge in [-0.1, -0.05) is 37.2 Å². The maximum atomic E-state index is 13.7. The number of thioether (sulfide) groups is 1. The van der Waals surface area contributed by atoms with E-state index in [0.29, 0.717) is 34.2 Å². The normalized spacial score (nSPS) is 11.1. The number of amides is 1. The summed E-state index contributed by atoms with van der Waals surface area (Å²) in [5, 5.41) is 11.8. The number of carbonyl (C=O) groups is 1. The molecule has 0 aliphatic rings. The van der Waals surface area contributed by atoms with E-state index in [9.17, 15) is 9.18 Å². The fourth-order valence-electron chi connectivity index (χ4n) is 2.42. The number of aromatic nitrogens is 3. The minimum Gasteiger partial charge on any atom is -0.461 e. The zero-order chi connectivity index (χ0) is 19.4. The van der Waals surface area contributed by atoms with Crippen molar-refractivity contribution in [2.45, 2.75) is 25.5 Å². The number of benzene rings is 1. The maximum absolute atomic E-state index is 13.7. The lowest BCUT2D eigenvalue weighted by atomic mass is 10.2. The summed E-state index contributed by atoms with van der Waals surface area (Å²) in [7, 11) is 0. The highest BCUT2D eigenvalue weighted by molar-refractivity contribution is 7.99. The van der Waals surface area contributed by atoms with Crippen LogP contribution in [0.1, 0.15) is 13.8 Å². The van der Waals surface area contributed by atoms with E-state index in [1.54, 1.807) is 12.3 Å². The number of furan rings is 1. The fraction of sp³-hybridized carbons (Fsp3) is 0.278. The van der Waals surface area contributed by atoms with Crippen molar-refractivity contribution in [2.24, 2.45) is 5.92 Å². The lowest BCUT2D eigenvalue weighted by Gasteiger charge is -2.11. The number of carbonyl (C=O) groups excluding carboxylic acids is 1. The van der Waals surface area contributed by atoms with Gasteiger partial charge in [-0.25, -0.2) is 4.39 Å². The van der Waals surface area contributed by atoms with Crippen LogP contribution in [0.5, 0.6) is 0 Å². The van der Waals surface area contributed by atoms with E-state index in [0.717, 1.165) is 0 Å². The summed E-state index contributed by atoms with van der Waals surface area (Å²) in [6, 6.07) is 7.59. The molecule has 27 heavy (non-hydrogen) atoms. The Morgan fingerprint density at radius 1 is 1.37 bits per heavy atom. The average molecular weight is 409 g/mol. The molecule has 0 spiro atoms. The molecule has 0 atom stereocenters. The molecule has 142 valence electrons. The third kappa shape index (κ3) is 4.90. The van der Waals surface area contributed by atoms with Gasteiger partial charge < -0.3 is 9.73 Å². The lowest BCUT2D eigenvalue weighted by molar-refractivity contribution is -0.113. The van der Waals surface area contributed by atoms with Gasteiger partial charge in [-0.3, -0.25) is 9.36 Å². The molecule has 0 unspecified atom stereocenters. The molecule has 3 rings (SSSR count).